The number of methoxy groups -OCH3 is 1. The number of nitrogens with zero attached hydrogens (tertiary/aromatic N) is 2. The van der Waals surface area contributed by atoms with Gasteiger partial charge in [-0.15, -0.1) is 0 Å². The van der Waals surface area contributed by atoms with E-state index in [0.29, 0.717) is 24.6 Å². The highest BCUT2D eigenvalue weighted by atomic mass is 35.5. The maximum absolute atomic E-state index is 12.3. The molecule has 0 unspecified atom stereocenters. The number of halogens is 1. The topological polar surface area (TPSA) is 65.4 Å². The van der Waals surface area contributed by atoms with Crippen molar-refractivity contribution in [1.29, 1.82) is 0 Å². The van der Waals surface area contributed by atoms with E-state index in [-0.39, 0.29) is 5.91 Å². The summed E-state index contributed by atoms with van der Waals surface area (Å²) in [6.45, 7) is 2.11. The van der Waals surface area contributed by atoms with E-state index in [1.807, 2.05) is 54.6 Å². The third-order valence-corrected chi connectivity index (χ3v) is 6.27. The molecule has 0 spiro atoms. The molecule has 188 valence electrons. The van der Waals surface area contributed by atoms with Gasteiger partial charge in [0.1, 0.15) is 5.82 Å². The third-order valence-electron chi connectivity index (χ3n) is 6.01. The Morgan fingerprint density at radius 1 is 0.944 bits per heavy atom. The van der Waals surface area contributed by atoms with E-state index in [4.69, 9.17) is 26.1 Å². The predicted octanol–water partition coefficient (Wildman–Crippen LogP) is 5.85. The molecule has 0 aliphatic heterocycles. The minimum absolute atomic E-state index is 0.0147. The van der Waals surface area contributed by atoms with Crippen LogP contribution in [0.4, 0.5) is 0 Å². The van der Waals surface area contributed by atoms with Crippen LogP contribution in [0, 0.1) is 0 Å². The third kappa shape index (κ3) is 7.01. The first-order chi connectivity index (χ1) is 17.6. The molecule has 0 radical (unpaired) electrons. The monoisotopic (exact) mass is 505 g/mol. The van der Waals surface area contributed by atoms with Crippen molar-refractivity contribution in [2.24, 2.45) is 0 Å². The van der Waals surface area contributed by atoms with E-state index >= 15 is 0 Å². The molecule has 1 N–H and O–H groups in total. The summed E-state index contributed by atoms with van der Waals surface area (Å²) in [5, 5.41) is 3.69. The molecule has 0 aliphatic carbocycles. The van der Waals surface area contributed by atoms with Gasteiger partial charge in [0, 0.05) is 24.5 Å². The predicted molar refractivity (Wildman–Crippen MR) is 144 cm³/mol. The number of hydrogen-bond acceptors (Lipinski definition) is 4. The zero-order valence-electron chi connectivity index (χ0n) is 20.6. The number of nitrogens with one attached hydrogen (secondary N) is 1. The summed E-state index contributed by atoms with van der Waals surface area (Å²) in [6.07, 6.45) is 3.87. The summed E-state index contributed by atoms with van der Waals surface area (Å²) in [6, 6.07) is 23.3. The van der Waals surface area contributed by atoms with Crippen LogP contribution in [0.1, 0.15) is 30.7 Å². The molecular weight excluding hydrogens is 474 g/mol. The number of benzene rings is 3. The van der Waals surface area contributed by atoms with Gasteiger partial charge in [-0.2, -0.15) is 0 Å². The number of ether oxygens (including phenoxy) is 2. The Morgan fingerprint density at radius 3 is 2.50 bits per heavy atom. The molecule has 1 heterocycles. The highest BCUT2D eigenvalue weighted by Crippen LogP contribution is 2.26. The van der Waals surface area contributed by atoms with Crippen molar-refractivity contribution in [3.05, 3.63) is 89.2 Å². The van der Waals surface area contributed by atoms with Crippen LogP contribution < -0.4 is 14.8 Å². The quantitative estimate of drug-likeness (QED) is 0.231. The lowest BCUT2D eigenvalue weighted by Gasteiger charge is -2.12. The number of fused-ring (bicyclic) bond motifs is 1. The fraction of sp³-hybridized carbons (Fsp3) is 0.310. The second kappa shape index (κ2) is 13.0. The van der Waals surface area contributed by atoms with Crippen LogP contribution in [0.3, 0.4) is 0 Å². The molecule has 0 saturated heterocycles. The molecule has 0 aliphatic rings. The van der Waals surface area contributed by atoms with E-state index < -0.39 is 0 Å². The van der Waals surface area contributed by atoms with Crippen LogP contribution in [0.25, 0.3) is 11.0 Å². The van der Waals surface area contributed by atoms with E-state index in [9.17, 15) is 4.79 Å². The van der Waals surface area contributed by atoms with Gasteiger partial charge in [-0.1, -0.05) is 48.0 Å². The second-order valence-corrected chi connectivity index (χ2v) is 9.07. The number of unbranched alkanes of at least 4 members (excludes halogenated alkanes) is 1. The summed E-state index contributed by atoms with van der Waals surface area (Å²) in [4.78, 5) is 17.1. The van der Waals surface area contributed by atoms with Gasteiger partial charge in [0.2, 0.25) is 5.91 Å². The lowest BCUT2D eigenvalue weighted by atomic mass is 10.1. The fourth-order valence-corrected chi connectivity index (χ4v) is 4.31. The first-order valence-electron chi connectivity index (χ1n) is 12.3. The highest BCUT2D eigenvalue weighted by Gasteiger charge is 2.11. The van der Waals surface area contributed by atoms with Gasteiger partial charge in [0.15, 0.2) is 11.5 Å². The van der Waals surface area contributed by atoms with Crippen molar-refractivity contribution >= 4 is 28.5 Å². The van der Waals surface area contributed by atoms with Gasteiger partial charge in [-0.3, -0.25) is 4.79 Å². The van der Waals surface area contributed by atoms with Crippen LogP contribution in [-0.4, -0.2) is 35.7 Å². The smallest absolute Gasteiger partial charge is 0.224 e. The molecule has 1 amide bonds. The average molecular weight is 506 g/mol. The minimum atomic E-state index is 0.0147. The molecule has 0 saturated carbocycles. The van der Waals surface area contributed by atoms with Crippen molar-refractivity contribution in [3.8, 4) is 11.5 Å². The molecular formula is C29H32ClN3O3. The highest BCUT2D eigenvalue weighted by molar-refractivity contribution is 6.30. The number of carbonyl (C=O) groups is 1. The number of imidazole rings is 1. The minimum Gasteiger partial charge on any atom is -0.493 e. The van der Waals surface area contributed by atoms with Gasteiger partial charge in [0.25, 0.3) is 0 Å². The van der Waals surface area contributed by atoms with Gasteiger partial charge < -0.3 is 19.4 Å². The zero-order valence-corrected chi connectivity index (χ0v) is 21.3. The fourth-order valence-electron chi connectivity index (χ4n) is 4.18. The maximum atomic E-state index is 12.3. The first kappa shape index (κ1) is 25.6. The number of rotatable bonds is 13. The summed E-state index contributed by atoms with van der Waals surface area (Å²) in [5.74, 6) is 2.59. The number of aromatic nitrogens is 2. The Hall–Kier alpha value is -3.51. The van der Waals surface area contributed by atoms with Crippen LogP contribution in [0.2, 0.25) is 5.02 Å². The van der Waals surface area contributed by atoms with Crippen molar-refractivity contribution < 1.29 is 14.3 Å². The van der Waals surface area contributed by atoms with Crippen LogP contribution in [-0.2, 0) is 24.2 Å². The number of aryl methyl sites for hydroxylation is 2. The normalized spacial score (nSPS) is 10.9. The molecule has 0 fully saturated rings. The van der Waals surface area contributed by atoms with Crippen LogP contribution >= 0.6 is 11.6 Å². The van der Waals surface area contributed by atoms with Gasteiger partial charge in [-0.25, -0.2) is 4.98 Å². The number of carbonyl (C=O) groups excluding carboxylic acids is 1. The number of hydrogen-bond donors (Lipinski definition) is 1. The van der Waals surface area contributed by atoms with E-state index in [0.717, 1.165) is 66.1 Å². The molecule has 4 aromatic rings. The molecule has 3 aromatic carbocycles. The molecule has 4 rings (SSSR count). The number of amides is 1. The summed E-state index contributed by atoms with van der Waals surface area (Å²) < 4.78 is 13.6. The largest absolute Gasteiger partial charge is 0.493 e. The van der Waals surface area contributed by atoms with Crippen molar-refractivity contribution in [2.45, 2.75) is 38.6 Å². The van der Waals surface area contributed by atoms with Crippen molar-refractivity contribution in [2.75, 3.05) is 20.3 Å². The van der Waals surface area contributed by atoms with Gasteiger partial charge in [0.05, 0.1) is 31.2 Å². The molecule has 1 aromatic heterocycles. The lowest BCUT2D eigenvalue weighted by Crippen LogP contribution is -2.26. The van der Waals surface area contributed by atoms with E-state index in [2.05, 4.69) is 16.0 Å². The van der Waals surface area contributed by atoms with Crippen molar-refractivity contribution in [1.82, 2.24) is 14.9 Å². The van der Waals surface area contributed by atoms with Crippen molar-refractivity contribution in [3.63, 3.8) is 0 Å². The summed E-state index contributed by atoms with van der Waals surface area (Å²) >= 11 is 5.92. The lowest BCUT2D eigenvalue weighted by molar-refractivity contribution is -0.120. The number of para-hydroxylation sites is 4. The SMILES string of the molecule is COc1ccccc1OCCCCn1c(CCCNC(=O)Cc2ccc(Cl)cc2)nc2ccccc21. The van der Waals surface area contributed by atoms with Gasteiger partial charge in [-0.05, 0) is 61.2 Å². The van der Waals surface area contributed by atoms with E-state index in [1.165, 1.54) is 0 Å². The molecule has 0 bridgehead atoms. The Morgan fingerprint density at radius 2 is 1.69 bits per heavy atom. The first-order valence-corrected chi connectivity index (χ1v) is 12.7. The van der Waals surface area contributed by atoms with E-state index in [1.54, 1.807) is 19.2 Å². The Labute approximate surface area is 217 Å². The second-order valence-electron chi connectivity index (χ2n) is 8.63. The zero-order chi connectivity index (χ0) is 25.2. The summed E-state index contributed by atoms with van der Waals surface area (Å²) in [7, 11) is 1.65. The molecule has 6 nitrogen and oxygen atoms in total. The standard InChI is InChI=1S/C29H32ClN3O3/c1-35-26-11-4-5-12-27(26)36-20-7-6-19-33-25-10-3-2-9-24(25)32-28(33)13-8-18-31-29(34)21-22-14-16-23(30)17-15-22/h2-5,9-12,14-17H,6-8,13,18-21H2,1H3,(H,31,34). The average Bonchev–Trinajstić information content (AvgIpc) is 3.25. The molecule has 0 atom stereocenters. The summed E-state index contributed by atoms with van der Waals surface area (Å²) in [5.41, 5.74) is 3.10. The molecule has 7 heteroatoms. The van der Waals surface area contributed by atoms with Gasteiger partial charge >= 0.3 is 0 Å². The Bertz CT molecular complexity index is 1270. The van der Waals surface area contributed by atoms with Crippen LogP contribution in [0.5, 0.6) is 11.5 Å². The Kier molecular flexibility index (Phi) is 9.22. The Balaban J connectivity index is 1.26. The maximum Gasteiger partial charge on any atom is 0.224 e. The van der Waals surface area contributed by atoms with Crippen LogP contribution in [0.15, 0.2) is 72.8 Å². The molecule has 36 heavy (non-hydrogen) atoms.